The molecule has 5 nitrogen and oxygen atoms in total. The van der Waals surface area contributed by atoms with E-state index in [0.29, 0.717) is 33.3 Å². The van der Waals surface area contributed by atoms with Crippen molar-refractivity contribution in [2.75, 3.05) is 9.80 Å². The van der Waals surface area contributed by atoms with Gasteiger partial charge >= 0.3 is 0 Å². The summed E-state index contributed by atoms with van der Waals surface area (Å²) in [6, 6.07) is 53.1. The largest absolute Gasteiger partial charge is 0.462 e. The number of hydrogen-bond acceptors (Lipinski definition) is 3. The number of para-hydroxylation sites is 2. The van der Waals surface area contributed by atoms with Gasteiger partial charge in [0.1, 0.15) is 5.76 Å². The van der Waals surface area contributed by atoms with Crippen molar-refractivity contribution in [3.05, 3.63) is 203 Å². The average Bonchev–Trinajstić information content (AvgIpc) is 3.29. The van der Waals surface area contributed by atoms with Crippen molar-refractivity contribution < 1.29 is 14.3 Å². The number of halogens is 1. The molecule has 0 unspecified atom stereocenters. The standard InChI is InChI=1S/C43H31ClN2O3/c44-35-27-25-34(26-28-35)43-29-38(30-15-5-1-6-16-30)45(41(47)33-21-11-4-12-22-33)36-23-13-14-24-37(36)46(43)42(48)39(31-17-7-2-8-18-31)40(49-43)32-19-9-3-10-20-32/h1-28,38H,29H2/t38-,43+/m1/s1. The van der Waals surface area contributed by atoms with E-state index < -0.39 is 11.8 Å². The van der Waals surface area contributed by atoms with Crippen molar-refractivity contribution in [2.45, 2.75) is 18.2 Å². The first-order valence-corrected chi connectivity index (χ1v) is 16.6. The van der Waals surface area contributed by atoms with E-state index in [-0.39, 0.29) is 18.2 Å². The number of carbonyl (C=O) groups excluding carboxylic acids is 2. The molecule has 0 saturated heterocycles. The second-order valence-electron chi connectivity index (χ2n) is 12.1. The van der Waals surface area contributed by atoms with Gasteiger partial charge in [0.15, 0.2) is 0 Å². The highest BCUT2D eigenvalue weighted by atomic mass is 35.5. The molecule has 0 bridgehead atoms. The number of amides is 2. The van der Waals surface area contributed by atoms with E-state index in [4.69, 9.17) is 16.3 Å². The highest BCUT2D eigenvalue weighted by Crippen LogP contribution is 2.56. The summed E-state index contributed by atoms with van der Waals surface area (Å²) in [6.45, 7) is 0. The van der Waals surface area contributed by atoms with Crippen LogP contribution in [-0.4, -0.2) is 11.8 Å². The van der Waals surface area contributed by atoms with Crippen LogP contribution in [0.1, 0.15) is 45.1 Å². The Bertz CT molecular complexity index is 2170. The molecule has 2 heterocycles. The van der Waals surface area contributed by atoms with Gasteiger partial charge in [0, 0.05) is 28.1 Å². The fourth-order valence-corrected chi connectivity index (χ4v) is 7.16. The smallest absolute Gasteiger partial charge is 0.266 e. The molecule has 6 aromatic carbocycles. The van der Waals surface area contributed by atoms with Crippen LogP contribution in [0.2, 0.25) is 5.02 Å². The Morgan fingerprint density at radius 3 is 1.80 bits per heavy atom. The molecule has 238 valence electrons. The fourth-order valence-electron chi connectivity index (χ4n) is 7.03. The lowest BCUT2D eigenvalue weighted by Crippen LogP contribution is -2.55. The Kier molecular flexibility index (Phi) is 7.83. The van der Waals surface area contributed by atoms with Crippen LogP contribution < -0.4 is 9.80 Å². The number of fused-ring (bicyclic) bond motifs is 3. The van der Waals surface area contributed by atoms with E-state index in [1.165, 1.54) is 0 Å². The number of anilines is 2. The number of hydrogen-bond donors (Lipinski definition) is 0. The number of benzene rings is 6. The van der Waals surface area contributed by atoms with Crippen LogP contribution in [0.15, 0.2) is 170 Å². The molecule has 6 aromatic rings. The van der Waals surface area contributed by atoms with E-state index in [1.807, 2.05) is 175 Å². The molecule has 49 heavy (non-hydrogen) atoms. The van der Waals surface area contributed by atoms with Crippen molar-refractivity contribution >= 4 is 46.1 Å². The van der Waals surface area contributed by atoms with E-state index in [9.17, 15) is 4.79 Å². The quantitative estimate of drug-likeness (QED) is 0.185. The van der Waals surface area contributed by atoms with Gasteiger partial charge in [-0.1, -0.05) is 145 Å². The van der Waals surface area contributed by atoms with Gasteiger partial charge in [0.25, 0.3) is 11.8 Å². The molecule has 2 aliphatic rings. The summed E-state index contributed by atoms with van der Waals surface area (Å²) in [5, 5.41) is 0.562. The summed E-state index contributed by atoms with van der Waals surface area (Å²) < 4.78 is 7.45. The van der Waals surface area contributed by atoms with E-state index in [0.717, 1.165) is 22.3 Å². The monoisotopic (exact) mass is 658 g/mol. The molecule has 6 heteroatoms. The Morgan fingerprint density at radius 2 is 1.16 bits per heavy atom. The van der Waals surface area contributed by atoms with Crippen LogP contribution in [0.3, 0.4) is 0 Å². The van der Waals surface area contributed by atoms with Crippen LogP contribution in [0.5, 0.6) is 0 Å². The van der Waals surface area contributed by atoms with Crippen LogP contribution in [-0.2, 0) is 15.3 Å². The van der Waals surface area contributed by atoms with E-state index in [1.54, 1.807) is 4.90 Å². The average molecular weight is 659 g/mol. The molecule has 2 amide bonds. The minimum atomic E-state index is -1.40. The van der Waals surface area contributed by atoms with Crippen LogP contribution in [0.25, 0.3) is 11.3 Å². The van der Waals surface area contributed by atoms with Gasteiger partial charge in [0.2, 0.25) is 5.72 Å². The molecule has 0 radical (unpaired) electrons. The maximum Gasteiger partial charge on any atom is 0.266 e. The number of nitrogens with zero attached hydrogens (tertiary/aromatic N) is 2. The zero-order chi connectivity index (χ0) is 33.4. The second kappa shape index (κ2) is 12.6. The molecular formula is C43H31ClN2O3. The third-order valence-electron chi connectivity index (χ3n) is 9.26. The van der Waals surface area contributed by atoms with Crippen LogP contribution in [0.4, 0.5) is 11.4 Å². The molecule has 0 aliphatic carbocycles. The van der Waals surface area contributed by atoms with Crippen LogP contribution >= 0.6 is 11.6 Å². The van der Waals surface area contributed by atoms with Crippen molar-refractivity contribution in [3.8, 4) is 0 Å². The molecule has 0 saturated carbocycles. The summed E-state index contributed by atoms with van der Waals surface area (Å²) in [5.74, 6) is 0.0506. The maximum absolute atomic E-state index is 15.6. The first-order valence-electron chi connectivity index (χ1n) is 16.2. The molecule has 0 spiro atoms. The van der Waals surface area contributed by atoms with Gasteiger partial charge in [0.05, 0.1) is 23.0 Å². The lowest BCUT2D eigenvalue weighted by atomic mass is 9.86. The molecule has 8 rings (SSSR count). The third-order valence-corrected chi connectivity index (χ3v) is 9.51. The Labute approximate surface area is 290 Å². The lowest BCUT2D eigenvalue weighted by molar-refractivity contribution is -0.120. The Balaban J connectivity index is 1.47. The lowest BCUT2D eigenvalue weighted by Gasteiger charge is -2.48. The van der Waals surface area contributed by atoms with Gasteiger partial charge in [-0.05, 0) is 47.5 Å². The second-order valence-corrected chi connectivity index (χ2v) is 12.6. The van der Waals surface area contributed by atoms with E-state index >= 15 is 4.79 Å². The van der Waals surface area contributed by atoms with Crippen molar-refractivity contribution in [1.82, 2.24) is 0 Å². The van der Waals surface area contributed by atoms with Gasteiger partial charge in [-0.15, -0.1) is 0 Å². The first-order chi connectivity index (χ1) is 24.0. The molecule has 2 aliphatic heterocycles. The number of ether oxygens (including phenoxy) is 1. The molecule has 0 aromatic heterocycles. The van der Waals surface area contributed by atoms with Crippen molar-refractivity contribution in [2.24, 2.45) is 0 Å². The summed E-state index contributed by atoms with van der Waals surface area (Å²) in [5.41, 5.74) is 3.89. The molecular weight excluding hydrogens is 628 g/mol. The Hall–Kier alpha value is -5.91. The van der Waals surface area contributed by atoms with E-state index in [2.05, 4.69) is 0 Å². The summed E-state index contributed by atoms with van der Waals surface area (Å²) in [4.78, 5) is 33.9. The normalized spacial score (nSPS) is 18.6. The first kappa shape index (κ1) is 30.4. The Morgan fingerprint density at radius 1 is 0.633 bits per heavy atom. The van der Waals surface area contributed by atoms with Gasteiger partial charge in [-0.3, -0.25) is 19.4 Å². The summed E-state index contributed by atoms with van der Waals surface area (Å²) in [6.07, 6.45) is 0.218. The molecule has 0 fully saturated rings. The zero-order valence-electron chi connectivity index (χ0n) is 26.4. The minimum Gasteiger partial charge on any atom is -0.462 e. The molecule has 0 N–H and O–H groups in total. The third kappa shape index (κ3) is 5.29. The highest BCUT2D eigenvalue weighted by molar-refractivity contribution is 6.33. The summed E-state index contributed by atoms with van der Waals surface area (Å²) >= 11 is 6.47. The van der Waals surface area contributed by atoms with Crippen molar-refractivity contribution in [1.29, 1.82) is 0 Å². The topological polar surface area (TPSA) is 49.9 Å². The SMILES string of the molecule is O=C(c1ccccc1)N1c2ccccc2N2C(=O)C(c3ccccc3)=C(c3ccccc3)O[C@]2(c2ccc(Cl)cc2)C[C@@H]1c1ccccc1. The fraction of sp³-hybridized carbons (Fsp3) is 0.0698. The number of carbonyl (C=O) groups is 2. The van der Waals surface area contributed by atoms with Crippen LogP contribution in [0, 0.1) is 0 Å². The van der Waals surface area contributed by atoms with Gasteiger partial charge < -0.3 is 4.74 Å². The highest BCUT2D eigenvalue weighted by Gasteiger charge is 2.56. The predicted molar refractivity (Wildman–Crippen MR) is 195 cm³/mol. The van der Waals surface area contributed by atoms with Gasteiger partial charge in [-0.2, -0.15) is 0 Å². The maximum atomic E-state index is 15.6. The molecule has 2 atom stereocenters. The van der Waals surface area contributed by atoms with Gasteiger partial charge in [-0.25, -0.2) is 0 Å². The summed E-state index contributed by atoms with van der Waals surface area (Å²) in [7, 11) is 0. The predicted octanol–water partition coefficient (Wildman–Crippen LogP) is 9.92. The number of rotatable bonds is 5. The van der Waals surface area contributed by atoms with Crippen molar-refractivity contribution in [3.63, 3.8) is 0 Å². The zero-order valence-corrected chi connectivity index (χ0v) is 27.2. The minimum absolute atomic E-state index is 0.181.